The fourth-order valence-electron chi connectivity index (χ4n) is 0.910. The first-order chi connectivity index (χ1) is 4.81. The Morgan fingerprint density at radius 1 is 1.09 bits per heavy atom. The summed E-state index contributed by atoms with van der Waals surface area (Å²) < 4.78 is 3.93. The molecule has 0 radical (unpaired) electrons. The highest BCUT2D eigenvalue weighted by Gasteiger charge is 2.45. The maximum atomic E-state index is 10.6. The van der Waals surface area contributed by atoms with E-state index in [0.29, 0.717) is 0 Å². The lowest BCUT2D eigenvalue weighted by Gasteiger charge is -2.33. The maximum absolute atomic E-state index is 10.6. The van der Waals surface area contributed by atoms with Gasteiger partial charge >= 0.3 is 0 Å². The van der Waals surface area contributed by atoms with E-state index in [1.165, 1.54) is 0 Å². The van der Waals surface area contributed by atoms with E-state index >= 15 is 0 Å². The van der Waals surface area contributed by atoms with Crippen LogP contribution in [0, 0.1) is 0 Å². The molecule has 0 aromatic heterocycles. The minimum atomic E-state index is -2.77. The third-order valence-electron chi connectivity index (χ3n) is 1.18. The van der Waals surface area contributed by atoms with Crippen molar-refractivity contribution in [1.82, 2.24) is 0 Å². The average molecular weight is 164 g/mol. The molecule has 0 aliphatic carbocycles. The number of carbonyl (C=O) groups is 1. The van der Waals surface area contributed by atoms with Gasteiger partial charge in [0.05, 0.1) is 12.8 Å². The molecule has 64 valence electrons. The van der Waals surface area contributed by atoms with Gasteiger partial charge in [-0.05, 0) is 0 Å². The van der Waals surface area contributed by atoms with Crippen LogP contribution in [0.3, 0.4) is 0 Å². The van der Waals surface area contributed by atoms with Crippen LogP contribution in [-0.2, 0) is 9.53 Å². The van der Waals surface area contributed by atoms with E-state index in [9.17, 15) is 4.79 Å². The molecule has 0 bridgehead atoms. The summed E-state index contributed by atoms with van der Waals surface area (Å²) in [5.41, 5.74) is 0. The van der Waals surface area contributed by atoms with Crippen LogP contribution in [0.5, 0.6) is 0 Å². The van der Waals surface area contributed by atoms with E-state index in [4.69, 9.17) is 20.4 Å². The Bertz CT molecular complexity index is 165. The molecule has 11 heavy (non-hydrogen) atoms. The molecule has 1 rings (SSSR count). The Morgan fingerprint density at radius 2 is 1.45 bits per heavy atom. The molecule has 1 aliphatic rings. The first-order valence-electron chi connectivity index (χ1n) is 2.92. The van der Waals surface area contributed by atoms with Gasteiger partial charge in [-0.15, -0.1) is 0 Å². The van der Waals surface area contributed by atoms with Gasteiger partial charge in [0.15, 0.2) is 0 Å². The van der Waals surface area contributed by atoms with Crippen LogP contribution >= 0.6 is 0 Å². The fraction of sp³-hybridized carbons (Fsp3) is 0.800. The normalized spacial score (nSPS) is 28.5. The maximum Gasteiger partial charge on any atom is 0.289 e. The fourth-order valence-corrected chi connectivity index (χ4v) is 0.910. The average Bonchev–Trinajstić information content (AvgIpc) is 1.49. The molecule has 1 saturated heterocycles. The van der Waals surface area contributed by atoms with Crippen molar-refractivity contribution in [3.05, 3.63) is 0 Å². The van der Waals surface area contributed by atoms with Crippen molar-refractivity contribution in [2.45, 2.75) is 24.8 Å². The van der Waals surface area contributed by atoms with E-state index in [1.54, 1.807) is 0 Å². The van der Waals surface area contributed by atoms with Crippen LogP contribution in [0.25, 0.3) is 0 Å². The van der Waals surface area contributed by atoms with Crippen molar-refractivity contribution in [2.24, 2.45) is 0 Å². The Morgan fingerprint density at radius 3 is 1.73 bits per heavy atom. The minimum absolute atomic E-state index is 0.657. The van der Waals surface area contributed by atoms with Crippen molar-refractivity contribution < 1.29 is 30.0 Å². The molecular weight excluding hydrogens is 156 g/mol. The monoisotopic (exact) mass is 164 g/mol. The van der Waals surface area contributed by atoms with Crippen LogP contribution < -0.4 is 0 Å². The molecule has 0 unspecified atom stereocenters. The van der Waals surface area contributed by atoms with Crippen LogP contribution in [0.4, 0.5) is 0 Å². The van der Waals surface area contributed by atoms with Gasteiger partial charge in [0, 0.05) is 0 Å². The summed E-state index contributed by atoms with van der Waals surface area (Å²) >= 11 is 0. The summed E-state index contributed by atoms with van der Waals surface area (Å²) in [6.07, 6.45) is -1.31. The lowest BCUT2D eigenvalue weighted by Crippen LogP contribution is -2.52. The zero-order valence-corrected chi connectivity index (χ0v) is 5.52. The van der Waals surface area contributed by atoms with Gasteiger partial charge in [0.25, 0.3) is 11.9 Å². The van der Waals surface area contributed by atoms with Gasteiger partial charge in [-0.2, -0.15) is 0 Å². The molecule has 6 nitrogen and oxygen atoms in total. The van der Waals surface area contributed by atoms with Crippen molar-refractivity contribution in [2.75, 3.05) is 0 Å². The number of hydrogen-bond acceptors (Lipinski definition) is 6. The molecule has 0 spiro atoms. The third-order valence-corrected chi connectivity index (χ3v) is 1.18. The van der Waals surface area contributed by atoms with E-state index in [0.717, 1.165) is 0 Å². The second kappa shape index (κ2) is 2.23. The number of hydrogen-bond donors (Lipinski definition) is 4. The van der Waals surface area contributed by atoms with Gasteiger partial charge in [-0.3, -0.25) is 9.53 Å². The summed E-state index contributed by atoms with van der Waals surface area (Å²) in [4.78, 5) is 10.6. The lowest BCUT2D eigenvalue weighted by atomic mass is 10.1. The zero-order chi connectivity index (χ0) is 8.70. The summed E-state index contributed by atoms with van der Waals surface area (Å²) in [5, 5.41) is 34.7. The van der Waals surface area contributed by atoms with E-state index in [2.05, 4.69) is 4.74 Å². The molecule has 1 aliphatic heterocycles. The Hall–Kier alpha value is -0.530. The molecule has 1 heterocycles. The topological polar surface area (TPSA) is 107 Å². The van der Waals surface area contributed by atoms with Gasteiger partial charge in [-0.25, -0.2) is 0 Å². The van der Waals surface area contributed by atoms with Crippen LogP contribution in [-0.4, -0.2) is 38.2 Å². The zero-order valence-electron chi connectivity index (χ0n) is 5.52. The third kappa shape index (κ3) is 2.21. The van der Waals surface area contributed by atoms with E-state index in [1.807, 2.05) is 0 Å². The summed E-state index contributed by atoms with van der Waals surface area (Å²) in [6.45, 7) is 0. The van der Waals surface area contributed by atoms with Gasteiger partial charge in [0.1, 0.15) is 5.78 Å². The largest absolute Gasteiger partial charge is 0.343 e. The molecule has 0 amide bonds. The highest BCUT2D eigenvalue weighted by molar-refractivity contribution is 5.80. The Kier molecular flexibility index (Phi) is 1.73. The quantitative estimate of drug-likeness (QED) is 0.298. The Labute approximate surface area is 61.6 Å². The molecule has 0 aromatic carbocycles. The van der Waals surface area contributed by atoms with Crippen LogP contribution in [0.2, 0.25) is 0 Å². The highest BCUT2D eigenvalue weighted by Crippen LogP contribution is 2.26. The molecular formula is C5H8O6. The first kappa shape index (κ1) is 8.57. The smallest absolute Gasteiger partial charge is 0.289 e. The summed E-state index contributed by atoms with van der Waals surface area (Å²) in [7, 11) is 0. The van der Waals surface area contributed by atoms with Crippen LogP contribution in [0.15, 0.2) is 0 Å². The second-order valence-electron chi connectivity index (χ2n) is 2.48. The van der Waals surface area contributed by atoms with E-state index < -0.39 is 30.6 Å². The molecule has 4 N–H and O–H groups in total. The van der Waals surface area contributed by atoms with Gasteiger partial charge < -0.3 is 20.4 Å². The molecule has 0 aromatic rings. The number of rotatable bonds is 0. The number of ether oxygens (including phenoxy) is 1. The predicted octanol–water partition coefficient (Wildman–Crippen LogP) is -2.36. The highest BCUT2D eigenvalue weighted by atomic mass is 16.9. The SMILES string of the molecule is O=C1CC(O)(O)OC(O)(O)C1. The lowest BCUT2D eigenvalue weighted by molar-refractivity contribution is -0.476. The summed E-state index contributed by atoms with van der Waals surface area (Å²) in [5.74, 6) is -6.22. The molecule has 0 saturated carbocycles. The second-order valence-corrected chi connectivity index (χ2v) is 2.48. The number of ketones is 1. The number of Topliss-reactive ketones (excluding diaryl/α,β-unsaturated/α-hetero) is 1. The van der Waals surface area contributed by atoms with Crippen molar-refractivity contribution in [3.63, 3.8) is 0 Å². The van der Waals surface area contributed by atoms with Crippen molar-refractivity contribution in [3.8, 4) is 0 Å². The van der Waals surface area contributed by atoms with Crippen LogP contribution in [0.1, 0.15) is 12.8 Å². The number of aliphatic hydroxyl groups is 4. The Balaban J connectivity index is 2.74. The minimum Gasteiger partial charge on any atom is -0.343 e. The van der Waals surface area contributed by atoms with E-state index in [-0.39, 0.29) is 0 Å². The molecule has 0 atom stereocenters. The van der Waals surface area contributed by atoms with Gasteiger partial charge in [0.2, 0.25) is 0 Å². The van der Waals surface area contributed by atoms with Crippen molar-refractivity contribution in [1.29, 1.82) is 0 Å². The first-order valence-corrected chi connectivity index (χ1v) is 2.92. The predicted molar refractivity (Wildman–Crippen MR) is 29.7 cm³/mol. The molecule has 6 heteroatoms. The number of carbonyl (C=O) groups excluding carboxylic acids is 1. The molecule has 1 fully saturated rings. The van der Waals surface area contributed by atoms with Gasteiger partial charge in [-0.1, -0.05) is 0 Å². The van der Waals surface area contributed by atoms with Crippen molar-refractivity contribution >= 4 is 5.78 Å². The summed E-state index contributed by atoms with van der Waals surface area (Å²) in [6, 6.07) is 0. The standard InChI is InChI=1S/C5H8O6/c6-3-1-4(7,8)11-5(9,10)2-3/h7-10H,1-2H2.